The Morgan fingerprint density at radius 3 is 3.00 bits per heavy atom. The number of rotatable bonds is 7. The van der Waals surface area contributed by atoms with Crippen molar-refractivity contribution in [3.8, 4) is 0 Å². The van der Waals surface area contributed by atoms with Crippen LogP contribution in [0.1, 0.15) is 24.1 Å². The maximum atomic E-state index is 13.0. The SMILES string of the molecule is O=C(CSc1nc2c(c(=O)n1Cc1ccccc1)SCC2)NC[C@@H]1CCCO1. The van der Waals surface area contributed by atoms with Crippen LogP contribution in [0.5, 0.6) is 0 Å². The van der Waals surface area contributed by atoms with Crippen molar-refractivity contribution in [1.82, 2.24) is 14.9 Å². The topological polar surface area (TPSA) is 73.2 Å². The minimum atomic E-state index is -0.0594. The third-order valence-electron chi connectivity index (χ3n) is 4.82. The molecule has 1 atom stereocenters. The predicted molar refractivity (Wildman–Crippen MR) is 111 cm³/mol. The summed E-state index contributed by atoms with van der Waals surface area (Å²) < 4.78 is 7.24. The molecule has 0 bridgehead atoms. The van der Waals surface area contributed by atoms with Gasteiger partial charge in [0.05, 0.1) is 29.0 Å². The number of carbonyl (C=O) groups is 1. The zero-order valence-corrected chi connectivity index (χ0v) is 17.2. The van der Waals surface area contributed by atoms with Gasteiger partial charge in [-0.15, -0.1) is 11.8 Å². The highest BCUT2D eigenvalue weighted by molar-refractivity contribution is 8.00. The maximum absolute atomic E-state index is 13.0. The fourth-order valence-electron chi connectivity index (χ4n) is 3.35. The van der Waals surface area contributed by atoms with Crippen LogP contribution in [-0.4, -0.2) is 46.2 Å². The summed E-state index contributed by atoms with van der Waals surface area (Å²) in [5, 5.41) is 3.54. The van der Waals surface area contributed by atoms with E-state index in [9.17, 15) is 9.59 Å². The molecule has 0 spiro atoms. The number of ether oxygens (including phenoxy) is 1. The summed E-state index contributed by atoms with van der Waals surface area (Å²) in [6.45, 7) is 1.78. The molecule has 2 aliphatic rings. The van der Waals surface area contributed by atoms with Gasteiger partial charge in [0, 0.05) is 25.3 Å². The second-order valence-electron chi connectivity index (χ2n) is 6.87. The highest BCUT2D eigenvalue weighted by Crippen LogP contribution is 2.29. The summed E-state index contributed by atoms with van der Waals surface area (Å²) in [4.78, 5) is 30.7. The standard InChI is InChI=1S/C20H23N3O3S2/c24-17(21-11-15-7-4-9-26-15)13-28-20-22-16-8-10-27-18(16)19(25)23(20)12-14-5-2-1-3-6-14/h1-3,5-6,15H,4,7-13H2,(H,21,24)/t15-/m0/s1. The average Bonchev–Trinajstić information content (AvgIpc) is 3.40. The van der Waals surface area contributed by atoms with Crippen LogP contribution < -0.4 is 10.9 Å². The lowest BCUT2D eigenvalue weighted by Gasteiger charge is -2.14. The minimum absolute atomic E-state index is 0.00128. The van der Waals surface area contributed by atoms with Crippen molar-refractivity contribution < 1.29 is 9.53 Å². The van der Waals surface area contributed by atoms with Gasteiger partial charge in [-0.1, -0.05) is 42.1 Å². The highest BCUT2D eigenvalue weighted by Gasteiger charge is 2.22. The molecular formula is C20H23N3O3S2. The van der Waals surface area contributed by atoms with E-state index in [2.05, 4.69) is 5.32 Å². The number of nitrogens with one attached hydrogen (secondary N) is 1. The number of fused-ring (bicyclic) bond motifs is 1. The number of aromatic nitrogens is 2. The van der Waals surface area contributed by atoms with Gasteiger partial charge >= 0.3 is 0 Å². The van der Waals surface area contributed by atoms with Crippen molar-refractivity contribution in [2.45, 2.75) is 42.0 Å². The number of thioether (sulfide) groups is 2. The Morgan fingerprint density at radius 2 is 2.21 bits per heavy atom. The minimum Gasteiger partial charge on any atom is -0.376 e. The van der Waals surface area contributed by atoms with Gasteiger partial charge in [0.25, 0.3) is 5.56 Å². The number of hydrogen-bond acceptors (Lipinski definition) is 6. The van der Waals surface area contributed by atoms with Crippen molar-refractivity contribution in [3.63, 3.8) is 0 Å². The van der Waals surface area contributed by atoms with Gasteiger partial charge in [-0.05, 0) is 18.4 Å². The smallest absolute Gasteiger partial charge is 0.268 e. The van der Waals surface area contributed by atoms with Gasteiger partial charge < -0.3 is 10.1 Å². The fourth-order valence-corrected chi connectivity index (χ4v) is 5.24. The summed E-state index contributed by atoms with van der Waals surface area (Å²) in [5.74, 6) is 1.06. The van der Waals surface area contributed by atoms with E-state index >= 15 is 0 Å². The second kappa shape index (κ2) is 9.15. The van der Waals surface area contributed by atoms with Crippen LogP contribution in [0.15, 0.2) is 45.2 Å². The molecule has 0 radical (unpaired) electrons. The Kier molecular flexibility index (Phi) is 6.39. The fraction of sp³-hybridized carbons (Fsp3) is 0.450. The van der Waals surface area contributed by atoms with Crippen LogP contribution in [0.25, 0.3) is 0 Å². The quantitative estimate of drug-likeness (QED) is 0.551. The number of amides is 1. The zero-order chi connectivity index (χ0) is 19.3. The first-order chi connectivity index (χ1) is 13.7. The normalized spacial score (nSPS) is 18.2. The van der Waals surface area contributed by atoms with Crippen molar-refractivity contribution in [2.75, 3.05) is 24.7 Å². The molecule has 1 amide bonds. The lowest BCUT2D eigenvalue weighted by molar-refractivity contribution is -0.119. The van der Waals surface area contributed by atoms with E-state index in [1.54, 1.807) is 16.3 Å². The van der Waals surface area contributed by atoms with E-state index in [1.165, 1.54) is 11.8 Å². The first-order valence-electron chi connectivity index (χ1n) is 9.52. The molecule has 1 aromatic carbocycles. The van der Waals surface area contributed by atoms with Crippen molar-refractivity contribution in [1.29, 1.82) is 0 Å². The zero-order valence-electron chi connectivity index (χ0n) is 15.6. The van der Waals surface area contributed by atoms with Crippen LogP contribution in [0.4, 0.5) is 0 Å². The third-order valence-corrected chi connectivity index (χ3v) is 6.90. The largest absolute Gasteiger partial charge is 0.376 e. The second-order valence-corrected chi connectivity index (χ2v) is 8.92. The Morgan fingerprint density at radius 1 is 1.36 bits per heavy atom. The van der Waals surface area contributed by atoms with E-state index < -0.39 is 0 Å². The maximum Gasteiger partial charge on any atom is 0.268 e. The molecular weight excluding hydrogens is 394 g/mol. The van der Waals surface area contributed by atoms with Gasteiger partial charge in [-0.3, -0.25) is 14.2 Å². The first kappa shape index (κ1) is 19.5. The molecule has 0 unspecified atom stereocenters. The Bertz CT molecular complexity index is 896. The van der Waals surface area contributed by atoms with E-state index in [4.69, 9.17) is 9.72 Å². The summed E-state index contributed by atoms with van der Waals surface area (Å²) >= 11 is 2.90. The number of nitrogens with zero attached hydrogens (tertiary/aromatic N) is 2. The van der Waals surface area contributed by atoms with Crippen LogP contribution in [-0.2, 0) is 22.5 Å². The van der Waals surface area contributed by atoms with E-state index in [0.717, 1.165) is 47.8 Å². The lowest BCUT2D eigenvalue weighted by Crippen LogP contribution is -2.33. The summed E-state index contributed by atoms with van der Waals surface area (Å²) in [6.07, 6.45) is 2.98. The predicted octanol–water partition coefficient (Wildman–Crippen LogP) is 2.33. The monoisotopic (exact) mass is 417 g/mol. The molecule has 2 aliphatic heterocycles. The highest BCUT2D eigenvalue weighted by atomic mass is 32.2. The molecule has 6 nitrogen and oxygen atoms in total. The molecule has 2 aromatic rings. The molecule has 148 valence electrons. The Labute approximate surface area is 172 Å². The van der Waals surface area contributed by atoms with Crippen LogP contribution in [0.3, 0.4) is 0 Å². The van der Waals surface area contributed by atoms with Crippen LogP contribution >= 0.6 is 23.5 Å². The Balaban J connectivity index is 1.48. The van der Waals surface area contributed by atoms with Crippen LogP contribution in [0.2, 0.25) is 0 Å². The lowest BCUT2D eigenvalue weighted by atomic mass is 10.2. The third kappa shape index (κ3) is 4.61. The molecule has 1 N–H and O–H groups in total. The number of benzene rings is 1. The molecule has 8 heteroatoms. The van der Waals surface area contributed by atoms with Gasteiger partial charge in [-0.2, -0.15) is 0 Å². The Hall–Kier alpha value is -1.77. The number of hydrogen-bond donors (Lipinski definition) is 1. The summed E-state index contributed by atoms with van der Waals surface area (Å²) in [7, 11) is 0. The van der Waals surface area contributed by atoms with Crippen molar-refractivity contribution in [2.24, 2.45) is 0 Å². The summed E-state index contributed by atoms with van der Waals surface area (Å²) in [6, 6.07) is 9.87. The van der Waals surface area contributed by atoms with Crippen LogP contribution in [0, 0.1) is 0 Å². The van der Waals surface area contributed by atoms with Gasteiger partial charge in [0.1, 0.15) is 0 Å². The summed E-state index contributed by atoms with van der Waals surface area (Å²) in [5.41, 5.74) is 1.90. The molecule has 0 aliphatic carbocycles. The molecule has 4 rings (SSSR count). The average molecular weight is 418 g/mol. The van der Waals surface area contributed by atoms with Gasteiger partial charge in [0.2, 0.25) is 5.91 Å². The van der Waals surface area contributed by atoms with Crippen molar-refractivity contribution >= 4 is 29.4 Å². The molecule has 28 heavy (non-hydrogen) atoms. The van der Waals surface area contributed by atoms with Gasteiger partial charge in [0.15, 0.2) is 5.16 Å². The number of carbonyl (C=O) groups excluding carboxylic acids is 1. The van der Waals surface area contributed by atoms with Gasteiger partial charge in [-0.25, -0.2) is 4.98 Å². The molecule has 1 fully saturated rings. The number of aryl methyl sites for hydroxylation is 1. The first-order valence-corrected chi connectivity index (χ1v) is 11.5. The van der Waals surface area contributed by atoms with Crippen molar-refractivity contribution in [3.05, 3.63) is 51.9 Å². The van der Waals surface area contributed by atoms with E-state index in [0.29, 0.717) is 18.2 Å². The van der Waals surface area contributed by atoms with E-state index in [-0.39, 0.29) is 23.3 Å². The molecule has 3 heterocycles. The molecule has 0 saturated carbocycles. The molecule has 1 aromatic heterocycles. The van der Waals surface area contributed by atoms with E-state index in [1.807, 2.05) is 30.3 Å². The molecule has 1 saturated heterocycles.